The molecule has 1 aromatic heterocycles. The monoisotopic (exact) mass is 356 g/mol. The minimum absolute atomic E-state index is 0.288. The van der Waals surface area contributed by atoms with Gasteiger partial charge in [0.05, 0.1) is 0 Å². The van der Waals surface area contributed by atoms with Crippen molar-refractivity contribution >= 4 is 17.5 Å². The highest BCUT2D eigenvalue weighted by Gasteiger charge is 2.15. The van der Waals surface area contributed by atoms with Gasteiger partial charge in [-0.3, -0.25) is 4.79 Å². The van der Waals surface area contributed by atoms with E-state index in [0.717, 1.165) is 31.5 Å². The third-order valence-corrected chi connectivity index (χ3v) is 3.95. The molecule has 0 atom stereocenters. The predicted molar refractivity (Wildman–Crippen MR) is 100 cm³/mol. The molecule has 0 saturated heterocycles. The Hall–Kier alpha value is -2.83. The molecule has 2 aromatic rings. The summed E-state index contributed by atoms with van der Waals surface area (Å²) in [4.78, 5) is 21.2. The zero-order valence-corrected chi connectivity index (χ0v) is 15.2. The van der Waals surface area contributed by atoms with Crippen molar-refractivity contribution in [3.05, 3.63) is 35.7 Å². The summed E-state index contributed by atoms with van der Waals surface area (Å²) in [5, 5.41) is 6.03. The molecule has 0 saturated carbocycles. The SMILES string of the molecule is CCCCCNc1nc(C)cc(C(=O)Nc2ccc3c(c2)OCCO3)n1. The summed E-state index contributed by atoms with van der Waals surface area (Å²) in [6.45, 7) is 5.83. The van der Waals surface area contributed by atoms with Crippen molar-refractivity contribution in [2.45, 2.75) is 33.1 Å². The fourth-order valence-corrected chi connectivity index (χ4v) is 2.66. The smallest absolute Gasteiger partial charge is 0.274 e. The molecule has 0 unspecified atom stereocenters. The van der Waals surface area contributed by atoms with Crippen LogP contribution in [0.1, 0.15) is 42.4 Å². The van der Waals surface area contributed by atoms with Crippen LogP contribution in [0.25, 0.3) is 0 Å². The lowest BCUT2D eigenvalue weighted by molar-refractivity contribution is 0.102. The van der Waals surface area contributed by atoms with E-state index in [1.807, 2.05) is 6.92 Å². The van der Waals surface area contributed by atoms with Gasteiger partial charge in [0, 0.05) is 24.0 Å². The summed E-state index contributed by atoms with van der Waals surface area (Å²) in [7, 11) is 0. The fraction of sp³-hybridized carbons (Fsp3) is 0.421. The number of amides is 1. The van der Waals surface area contributed by atoms with E-state index in [-0.39, 0.29) is 5.91 Å². The second-order valence-corrected chi connectivity index (χ2v) is 6.16. The number of benzene rings is 1. The van der Waals surface area contributed by atoms with Gasteiger partial charge in [0.25, 0.3) is 5.91 Å². The number of rotatable bonds is 7. The van der Waals surface area contributed by atoms with E-state index in [0.29, 0.717) is 42.0 Å². The number of carbonyl (C=O) groups is 1. The van der Waals surface area contributed by atoms with E-state index in [4.69, 9.17) is 9.47 Å². The molecule has 1 amide bonds. The number of ether oxygens (including phenoxy) is 2. The van der Waals surface area contributed by atoms with Crippen LogP contribution in [0.2, 0.25) is 0 Å². The molecule has 2 heterocycles. The Bertz CT molecular complexity index is 779. The minimum atomic E-state index is -0.288. The first-order valence-electron chi connectivity index (χ1n) is 8.96. The number of carbonyl (C=O) groups excluding carboxylic acids is 1. The molecule has 0 aliphatic carbocycles. The van der Waals surface area contributed by atoms with Crippen LogP contribution in [-0.2, 0) is 0 Å². The first-order chi connectivity index (χ1) is 12.7. The lowest BCUT2D eigenvalue weighted by atomic mass is 10.2. The summed E-state index contributed by atoms with van der Waals surface area (Å²) in [6.07, 6.45) is 3.35. The van der Waals surface area contributed by atoms with Crippen molar-refractivity contribution in [3.63, 3.8) is 0 Å². The third kappa shape index (κ3) is 4.62. The number of nitrogens with zero attached hydrogens (tertiary/aromatic N) is 2. The highest BCUT2D eigenvalue weighted by molar-refractivity contribution is 6.03. The van der Waals surface area contributed by atoms with Gasteiger partial charge < -0.3 is 20.1 Å². The summed E-state index contributed by atoms with van der Waals surface area (Å²) < 4.78 is 11.0. The number of anilines is 2. The van der Waals surface area contributed by atoms with Gasteiger partial charge >= 0.3 is 0 Å². The first kappa shape index (κ1) is 18.0. The van der Waals surface area contributed by atoms with Crippen molar-refractivity contribution < 1.29 is 14.3 Å². The van der Waals surface area contributed by atoms with Gasteiger partial charge in [0.2, 0.25) is 5.95 Å². The Labute approximate surface area is 153 Å². The van der Waals surface area contributed by atoms with Crippen molar-refractivity contribution in [3.8, 4) is 11.5 Å². The maximum atomic E-state index is 12.6. The molecule has 0 radical (unpaired) electrons. The third-order valence-electron chi connectivity index (χ3n) is 3.95. The largest absolute Gasteiger partial charge is 0.486 e. The van der Waals surface area contributed by atoms with Gasteiger partial charge in [-0.05, 0) is 31.5 Å². The molecule has 0 spiro atoms. The predicted octanol–water partition coefficient (Wildman–Crippen LogP) is 3.41. The van der Waals surface area contributed by atoms with Crippen LogP contribution in [0, 0.1) is 6.92 Å². The molecule has 0 bridgehead atoms. The van der Waals surface area contributed by atoms with Crippen LogP contribution >= 0.6 is 0 Å². The van der Waals surface area contributed by atoms with Crippen molar-refractivity contribution in [1.29, 1.82) is 0 Å². The van der Waals surface area contributed by atoms with Crippen LogP contribution in [0.15, 0.2) is 24.3 Å². The van der Waals surface area contributed by atoms with E-state index in [2.05, 4.69) is 27.5 Å². The minimum Gasteiger partial charge on any atom is -0.486 e. The Morgan fingerprint density at radius 1 is 1.12 bits per heavy atom. The molecule has 1 aliphatic rings. The van der Waals surface area contributed by atoms with Crippen molar-refractivity contribution in [1.82, 2.24) is 9.97 Å². The fourth-order valence-electron chi connectivity index (χ4n) is 2.66. The van der Waals surface area contributed by atoms with Crippen LogP contribution in [0.3, 0.4) is 0 Å². The molecular weight excluding hydrogens is 332 g/mol. The van der Waals surface area contributed by atoms with E-state index in [1.54, 1.807) is 24.3 Å². The van der Waals surface area contributed by atoms with E-state index in [9.17, 15) is 4.79 Å². The molecule has 2 N–H and O–H groups in total. The summed E-state index contributed by atoms with van der Waals surface area (Å²) in [6, 6.07) is 6.99. The topological polar surface area (TPSA) is 85.4 Å². The zero-order chi connectivity index (χ0) is 18.4. The maximum Gasteiger partial charge on any atom is 0.274 e. The van der Waals surface area contributed by atoms with E-state index >= 15 is 0 Å². The average Bonchev–Trinajstić information content (AvgIpc) is 2.65. The van der Waals surface area contributed by atoms with Crippen LogP contribution in [-0.4, -0.2) is 35.6 Å². The van der Waals surface area contributed by atoms with E-state index in [1.165, 1.54) is 0 Å². The highest BCUT2D eigenvalue weighted by atomic mass is 16.6. The summed E-state index contributed by atoms with van der Waals surface area (Å²) in [5.74, 6) is 1.51. The number of hydrogen-bond donors (Lipinski definition) is 2. The molecule has 1 aromatic carbocycles. The summed E-state index contributed by atoms with van der Waals surface area (Å²) >= 11 is 0. The van der Waals surface area contributed by atoms with Crippen LogP contribution < -0.4 is 20.1 Å². The number of fused-ring (bicyclic) bond motifs is 1. The number of aromatic nitrogens is 2. The highest BCUT2D eigenvalue weighted by Crippen LogP contribution is 2.32. The Morgan fingerprint density at radius 2 is 1.92 bits per heavy atom. The van der Waals surface area contributed by atoms with Crippen molar-refractivity contribution in [2.75, 3.05) is 30.4 Å². The van der Waals surface area contributed by atoms with Gasteiger partial charge in [-0.2, -0.15) is 0 Å². The lowest BCUT2D eigenvalue weighted by Gasteiger charge is -2.19. The maximum absolute atomic E-state index is 12.6. The normalized spacial score (nSPS) is 12.5. The molecular formula is C19H24N4O3. The second kappa shape index (κ2) is 8.51. The van der Waals surface area contributed by atoms with Crippen LogP contribution in [0.5, 0.6) is 11.5 Å². The number of unbranched alkanes of at least 4 members (excludes halogenated alkanes) is 2. The van der Waals surface area contributed by atoms with Crippen molar-refractivity contribution in [2.24, 2.45) is 0 Å². The molecule has 1 aliphatic heterocycles. The first-order valence-corrected chi connectivity index (χ1v) is 8.96. The molecule has 7 nitrogen and oxygen atoms in total. The van der Waals surface area contributed by atoms with Gasteiger partial charge in [-0.25, -0.2) is 9.97 Å². The second-order valence-electron chi connectivity index (χ2n) is 6.16. The van der Waals surface area contributed by atoms with Gasteiger partial charge in [-0.1, -0.05) is 19.8 Å². The molecule has 138 valence electrons. The average molecular weight is 356 g/mol. The molecule has 26 heavy (non-hydrogen) atoms. The number of hydrogen-bond acceptors (Lipinski definition) is 6. The number of aryl methyl sites for hydroxylation is 1. The lowest BCUT2D eigenvalue weighted by Crippen LogP contribution is -2.18. The zero-order valence-electron chi connectivity index (χ0n) is 15.2. The van der Waals surface area contributed by atoms with Crippen LogP contribution in [0.4, 0.5) is 11.6 Å². The van der Waals surface area contributed by atoms with Gasteiger partial charge in [-0.15, -0.1) is 0 Å². The Morgan fingerprint density at radius 3 is 2.73 bits per heavy atom. The summed E-state index contributed by atoms with van der Waals surface area (Å²) in [5.41, 5.74) is 1.70. The molecule has 0 fully saturated rings. The molecule has 7 heteroatoms. The van der Waals surface area contributed by atoms with E-state index < -0.39 is 0 Å². The van der Waals surface area contributed by atoms with Gasteiger partial charge in [0.15, 0.2) is 11.5 Å². The quantitative estimate of drug-likeness (QED) is 0.740. The Kier molecular flexibility index (Phi) is 5.88. The van der Waals surface area contributed by atoms with Gasteiger partial charge in [0.1, 0.15) is 18.9 Å². The standard InChI is InChI=1S/C19H24N4O3/c1-3-4-5-8-20-19-21-13(2)11-15(23-19)18(24)22-14-6-7-16-17(12-14)26-10-9-25-16/h6-7,11-12H,3-5,8-10H2,1-2H3,(H,22,24)(H,20,21,23). The Balaban J connectivity index is 1.68. The molecule has 3 rings (SSSR count). The number of nitrogens with one attached hydrogen (secondary N) is 2.